The molecule has 8 aromatic rings. The van der Waals surface area contributed by atoms with Gasteiger partial charge in [0.25, 0.3) is 0 Å². The molecule has 238 valence electrons. The summed E-state index contributed by atoms with van der Waals surface area (Å²) in [5.41, 5.74) is 9.91. The fourth-order valence-electron chi connectivity index (χ4n) is 4.92. The third-order valence-corrected chi connectivity index (χ3v) is 7.28. The van der Waals surface area contributed by atoms with Gasteiger partial charge in [-0.3, -0.25) is 4.98 Å². The van der Waals surface area contributed by atoms with E-state index < -0.39 is 0 Å². The number of nitrogens with two attached hydrogens (primary N) is 1. The van der Waals surface area contributed by atoms with Crippen LogP contribution in [0.15, 0.2) is 146 Å². The molecule has 8 rings (SSSR count). The fourth-order valence-corrected chi connectivity index (χ4v) is 4.92. The molecule has 0 aliphatic rings. The van der Waals surface area contributed by atoms with Crippen LogP contribution in [0.1, 0.15) is 0 Å². The van der Waals surface area contributed by atoms with Crippen LogP contribution in [0.3, 0.4) is 0 Å². The average Bonchev–Trinajstić information content (AvgIpc) is 3.80. The van der Waals surface area contributed by atoms with Gasteiger partial charge >= 0.3 is 0 Å². The van der Waals surface area contributed by atoms with Gasteiger partial charge in [0.05, 0.1) is 5.69 Å². The lowest BCUT2D eigenvalue weighted by Crippen LogP contribution is -2.04. The summed E-state index contributed by atoms with van der Waals surface area (Å²) in [5.74, 6) is 2.57. The quantitative estimate of drug-likeness (QED) is 0.200. The number of benzene rings is 4. The number of aromatic nitrogens is 9. The van der Waals surface area contributed by atoms with Gasteiger partial charge < -0.3 is 5.73 Å². The van der Waals surface area contributed by atoms with E-state index in [1.165, 1.54) is 30.6 Å². The number of anilines is 1. The highest BCUT2D eigenvalue weighted by molar-refractivity contribution is 5.65. The number of hydrogen-bond donors (Lipinski definition) is 1. The van der Waals surface area contributed by atoms with Crippen LogP contribution in [0, 0.1) is 11.6 Å². The van der Waals surface area contributed by atoms with E-state index in [-0.39, 0.29) is 11.6 Å². The predicted molar refractivity (Wildman–Crippen MR) is 182 cm³/mol. The van der Waals surface area contributed by atoms with Gasteiger partial charge in [0.15, 0.2) is 29.1 Å². The molecule has 4 aromatic heterocycles. The molecule has 0 unspecified atom stereocenters. The van der Waals surface area contributed by atoms with Crippen molar-refractivity contribution in [3.8, 4) is 57.1 Å². The van der Waals surface area contributed by atoms with Gasteiger partial charge in [-0.2, -0.15) is 4.68 Å². The SMILES string of the molecule is Fc1ccc(-c2nc(-c3ccccc3)nn2-c2ccncc2)cc1.Nc1cc(-n2nc(-c3ccccc3)nc2-c2ccc(F)cc2)ncn1. The third-order valence-electron chi connectivity index (χ3n) is 7.28. The molecule has 0 radical (unpaired) electrons. The zero-order chi connectivity index (χ0) is 33.6. The van der Waals surface area contributed by atoms with E-state index in [1.54, 1.807) is 52.1 Å². The molecule has 49 heavy (non-hydrogen) atoms. The fraction of sp³-hybridized carbons (Fsp3) is 0. The number of rotatable bonds is 6. The van der Waals surface area contributed by atoms with E-state index >= 15 is 0 Å². The van der Waals surface area contributed by atoms with E-state index in [4.69, 9.17) is 5.73 Å². The number of nitrogens with zero attached hydrogens (tertiary/aromatic N) is 9. The minimum atomic E-state index is -0.315. The Labute approximate surface area is 279 Å². The summed E-state index contributed by atoms with van der Waals surface area (Å²) in [6.07, 6.45) is 4.77. The molecule has 0 amide bonds. The van der Waals surface area contributed by atoms with Gasteiger partial charge in [0, 0.05) is 40.7 Å². The first-order chi connectivity index (χ1) is 24.0. The second-order valence-corrected chi connectivity index (χ2v) is 10.6. The van der Waals surface area contributed by atoms with Gasteiger partial charge in [-0.15, -0.1) is 10.2 Å². The molecule has 0 saturated heterocycles. The molecule has 0 fully saturated rings. The lowest BCUT2D eigenvalue weighted by atomic mass is 10.2. The Bertz CT molecular complexity index is 2290. The van der Waals surface area contributed by atoms with E-state index in [0.717, 1.165) is 22.4 Å². The normalized spacial score (nSPS) is 10.7. The summed E-state index contributed by atoms with van der Waals surface area (Å²) in [6.45, 7) is 0. The largest absolute Gasteiger partial charge is 0.384 e. The van der Waals surface area contributed by atoms with Gasteiger partial charge in [-0.25, -0.2) is 33.4 Å². The van der Waals surface area contributed by atoms with Crippen molar-refractivity contribution in [2.75, 3.05) is 5.73 Å². The Morgan fingerprint density at radius 1 is 0.510 bits per heavy atom. The highest BCUT2D eigenvalue weighted by Gasteiger charge is 2.17. The lowest BCUT2D eigenvalue weighted by Gasteiger charge is -2.05. The Morgan fingerprint density at radius 3 is 1.51 bits per heavy atom. The number of pyridine rings is 1. The van der Waals surface area contributed by atoms with Crippen molar-refractivity contribution in [3.05, 3.63) is 158 Å². The van der Waals surface area contributed by atoms with Gasteiger partial charge in [0.1, 0.15) is 23.8 Å². The maximum absolute atomic E-state index is 13.3. The van der Waals surface area contributed by atoms with Crippen LogP contribution in [-0.2, 0) is 0 Å². The van der Waals surface area contributed by atoms with Crippen molar-refractivity contribution >= 4 is 5.82 Å². The number of nitrogen functional groups attached to an aromatic ring is 1. The molecule has 4 heterocycles. The van der Waals surface area contributed by atoms with Crippen LogP contribution in [-0.4, -0.2) is 44.5 Å². The van der Waals surface area contributed by atoms with Crippen LogP contribution in [0.5, 0.6) is 0 Å². The van der Waals surface area contributed by atoms with Crippen LogP contribution in [0.25, 0.3) is 57.1 Å². The Kier molecular flexibility index (Phi) is 8.65. The van der Waals surface area contributed by atoms with Gasteiger partial charge in [0.2, 0.25) is 0 Å². The summed E-state index contributed by atoms with van der Waals surface area (Å²) in [5, 5.41) is 9.19. The summed E-state index contributed by atoms with van der Waals surface area (Å²) in [6, 6.07) is 37.0. The van der Waals surface area contributed by atoms with Crippen LogP contribution in [0.4, 0.5) is 14.6 Å². The number of halogens is 2. The highest BCUT2D eigenvalue weighted by Crippen LogP contribution is 2.27. The standard InChI is InChI=1S/C19H13FN4.C18H13FN6/c20-16-8-6-15(7-9-16)19-22-18(14-4-2-1-3-5-14)23-24(19)17-10-12-21-13-11-17;19-14-8-6-13(7-9-14)18-23-17(12-4-2-1-3-5-12)24-25(18)16-10-15(20)21-11-22-16/h1-13H;1-11H,(H2,20,21,22). The molecule has 4 aromatic carbocycles. The van der Waals surface area contributed by atoms with Crippen LogP contribution >= 0.6 is 0 Å². The van der Waals surface area contributed by atoms with Crippen LogP contribution < -0.4 is 5.73 Å². The summed E-state index contributed by atoms with van der Waals surface area (Å²) in [4.78, 5) is 21.4. The van der Waals surface area contributed by atoms with E-state index in [0.29, 0.717) is 40.5 Å². The summed E-state index contributed by atoms with van der Waals surface area (Å²) < 4.78 is 29.8. The van der Waals surface area contributed by atoms with E-state index in [9.17, 15) is 8.78 Å². The molecular weight excluding hydrogens is 622 g/mol. The van der Waals surface area contributed by atoms with Crippen LogP contribution in [0.2, 0.25) is 0 Å². The molecule has 0 bridgehead atoms. The van der Waals surface area contributed by atoms with Gasteiger partial charge in [-0.05, 0) is 60.7 Å². The Hall–Kier alpha value is -6.95. The third kappa shape index (κ3) is 6.93. The van der Waals surface area contributed by atoms with Crippen molar-refractivity contribution in [1.29, 1.82) is 0 Å². The summed E-state index contributed by atoms with van der Waals surface area (Å²) in [7, 11) is 0. The Balaban J connectivity index is 0.000000154. The minimum Gasteiger partial charge on any atom is -0.384 e. The van der Waals surface area contributed by atoms with Crippen molar-refractivity contribution in [3.63, 3.8) is 0 Å². The molecule has 10 nitrogen and oxygen atoms in total. The summed E-state index contributed by atoms with van der Waals surface area (Å²) >= 11 is 0. The maximum atomic E-state index is 13.3. The molecule has 2 N–H and O–H groups in total. The van der Waals surface area contributed by atoms with E-state index in [1.807, 2.05) is 72.8 Å². The molecule has 0 spiro atoms. The van der Waals surface area contributed by atoms with Crippen molar-refractivity contribution in [2.24, 2.45) is 0 Å². The van der Waals surface area contributed by atoms with Gasteiger partial charge in [-0.1, -0.05) is 60.7 Å². The first kappa shape index (κ1) is 30.7. The van der Waals surface area contributed by atoms with Crippen molar-refractivity contribution in [1.82, 2.24) is 44.5 Å². The number of hydrogen-bond acceptors (Lipinski definition) is 8. The molecule has 0 aliphatic heterocycles. The molecule has 12 heteroatoms. The first-order valence-electron chi connectivity index (χ1n) is 15.1. The predicted octanol–water partition coefficient (Wildman–Crippen LogP) is 7.25. The second kappa shape index (κ2) is 13.8. The zero-order valence-corrected chi connectivity index (χ0v) is 25.7. The minimum absolute atomic E-state index is 0.281. The Morgan fingerprint density at radius 2 is 1.00 bits per heavy atom. The topological polar surface area (TPSA) is 126 Å². The molecule has 0 atom stereocenters. The average molecular weight is 649 g/mol. The molecule has 0 aliphatic carbocycles. The van der Waals surface area contributed by atoms with E-state index in [2.05, 4.69) is 35.1 Å². The van der Waals surface area contributed by atoms with Crippen molar-refractivity contribution < 1.29 is 8.78 Å². The molecular formula is C37H26F2N10. The lowest BCUT2D eigenvalue weighted by molar-refractivity contribution is 0.627. The first-order valence-corrected chi connectivity index (χ1v) is 15.1. The smallest absolute Gasteiger partial charge is 0.182 e. The van der Waals surface area contributed by atoms with Crippen molar-refractivity contribution in [2.45, 2.75) is 0 Å². The monoisotopic (exact) mass is 648 g/mol. The second-order valence-electron chi connectivity index (χ2n) is 10.6. The highest BCUT2D eigenvalue weighted by atomic mass is 19.1. The maximum Gasteiger partial charge on any atom is 0.182 e. The molecule has 0 saturated carbocycles. The zero-order valence-electron chi connectivity index (χ0n) is 25.7.